The monoisotopic (exact) mass is 367 g/mol. The van der Waals surface area contributed by atoms with E-state index >= 15 is 0 Å². The molecule has 3 aromatic rings. The fraction of sp³-hybridized carbons (Fsp3) is 0.250. The standard InChI is InChI=1S/C20H18ClN3O2/c1-2-13-6-8-14(9-7-13)19-22-20(26-23-19)15-10-18(25)24(12-15)17-5-3-4-16(21)11-17/h3-9,11,15H,2,10,12H2,1H3. The number of carbonyl (C=O) groups excluding carboxylic acids is 1. The van der Waals surface area contributed by atoms with Crippen LogP contribution >= 0.6 is 11.6 Å². The summed E-state index contributed by atoms with van der Waals surface area (Å²) < 4.78 is 5.45. The van der Waals surface area contributed by atoms with E-state index in [0.29, 0.717) is 29.7 Å². The molecule has 4 rings (SSSR count). The van der Waals surface area contributed by atoms with Gasteiger partial charge in [0.2, 0.25) is 17.6 Å². The fourth-order valence-electron chi connectivity index (χ4n) is 3.17. The molecule has 0 aliphatic carbocycles. The summed E-state index contributed by atoms with van der Waals surface area (Å²) in [6, 6.07) is 15.4. The van der Waals surface area contributed by atoms with Crippen LogP contribution in [0.1, 0.15) is 30.7 Å². The lowest BCUT2D eigenvalue weighted by Gasteiger charge is -2.16. The zero-order valence-corrected chi connectivity index (χ0v) is 15.1. The SMILES string of the molecule is CCc1ccc(-c2noc(C3CC(=O)N(c4cccc(Cl)c4)C3)n2)cc1. The topological polar surface area (TPSA) is 59.2 Å². The minimum Gasteiger partial charge on any atom is -0.339 e. The number of rotatable bonds is 4. The van der Waals surface area contributed by atoms with Crippen molar-refractivity contribution in [2.75, 3.05) is 11.4 Å². The molecule has 132 valence electrons. The van der Waals surface area contributed by atoms with Crippen molar-refractivity contribution in [3.05, 3.63) is 65.0 Å². The van der Waals surface area contributed by atoms with Crippen molar-refractivity contribution in [2.45, 2.75) is 25.7 Å². The number of anilines is 1. The molecule has 0 bridgehead atoms. The Morgan fingerprint density at radius 2 is 2.04 bits per heavy atom. The highest BCUT2D eigenvalue weighted by atomic mass is 35.5. The molecule has 0 saturated carbocycles. The van der Waals surface area contributed by atoms with Crippen LogP contribution in [0.25, 0.3) is 11.4 Å². The number of halogens is 1. The van der Waals surface area contributed by atoms with Crippen LogP contribution in [0.3, 0.4) is 0 Å². The summed E-state index contributed by atoms with van der Waals surface area (Å²) in [6.45, 7) is 2.62. The summed E-state index contributed by atoms with van der Waals surface area (Å²) >= 11 is 6.04. The Bertz CT molecular complexity index is 936. The molecule has 1 amide bonds. The van der Waals surface area contributed by atoms with Crippen LogP contribution in [0.4, 0.5) is 5.69 Å². The highest BCUT2D eigenvalue weighted by molar-refractivity contribution is 6.30. The van der Waals surface area contributed by atoms with Gasteiger partial charge in [0, 0.05) is 29.2 Å². The van der Waals surface area contributed by atoms with E-state index in [1.165, 1.54) is 5.56 Å². The van der Waals surface area contributed by atoms with Gasteiger partial charge >= 0.3 is 0 Å². The summed E-state index contributed by atoms with van der Waals surface area (Å²) in [4.78, 5) is 18.6. The predicted octanol–water partition coefficient (Wildman–Crippen LogP) is 4.47. The van der Waals surface area contributed by atoms with Crippen molar-refractivity contribution >= 4 is 23.2 Å². The maximum atomic E-state index is 12.4. The second kappa shape index (κ2) is 6.92. The summed E-state index contributed by atoms with van der Waals surface area (Å²) in [5.41, 5.74) is 2.96. The van der Waals surface area contributed by atoms with Crippen LogP contribution in [0.5, 0.6) is 0 Å². The largest absolute Gasteiger partial charge is 0.339 e. The first-order valence-electron chi connectivity index (χ1n) is 8.63. The van der Waals surface area contributed by atoms with E-state index in [9.17, 15) is 4.79 Å². The Balaban J connectivity index is 1.53. The van der Waals surface area contributed by atoms with Gasteiger partial charge in [-0.25, -0.2) is 0 Å². The zero-order chi connectivity index (χ0) is 18.1. The zero-order valence-electron chi connectivity index (χ0n) is 14.4. The predicted molar refractivity (Wildman–Crippen MR) is 100 cm³/mol. The van der Waals surface area contributed by atoms with Gasteiger partial charge in [0.25, 0.3) is 0 Å². The minimum atomic E-state index is -0.113. The summed E-state index contributed by atoms with van der Waals surface area (Å²) in [6.07, 6.45) is 1.34. The molecule has 2 aromatic carbocycles. The molecule has 0 radical (unpaired) electrons. The van der Waals surface area contributed by atoms with E-state index in [1.54, 1.807) is 17.0 Å². The number of benzene rings is 2. The Kier molecular flexibility index (Phi) is 4.47. The maximum absolute atomic E-state index is 12.4. The number of aromatic nitrogens is 2. The lowest BCUT2D eigenvalue weighted by Crippen LogP contribution is -2.24. The summed E-state index contributed by atoms with van der Waals surface area (Å²) in [7, 11) is 0. The lowest BCUT2D eigenvalue weighted by atomic mass is 10.1. The molecular weight excluding hydrogens is 350 g/mol. The van der Waals surface area contributed by atoms with Gasteiger partial charge in [-0.2, -0.15) is 4.98 Å². The molecular formula is C20H18ClN3O2. The third-order valence-corrected chi connectivity index (χ3v) is 4.89. The average molecular weight is 368 g/mol. The average Bonchev–Trinajstić information content (AvgIpc) is 3.29. The maximum Gasteiger partial charge on any atom is 0.232 e. The van der Waals surface area contributed by atoms with Crippen molar-refractivity contribution in [1.29, 1.82) is 0 Å². The van der Waals surface area contributed by atoms with Crippen LogP contribution in [0, 0.1) is 0 Å². The van der Waals surface area contributed by atoms with Gasteiger partial charge in [0.15, 0.2) is 0 Å². The van der Waals surface area contributed by atoms with E-state index < -0.39 is 0 Å². The summed E-state index contributed by atoms with van der Waals surface area (Å²) in [5.74, 6) is 0.968. The quantitative estimate of drug-likeness (QED) is 0.682. The van der Waals surface area contributed by atoms with Gasteiger partial charge < -0.3 is 9.42 Å². The third kappa shape index (κ3) is 3.22. The lowest BCUT2D eigenvalue weighted by molar-refractivity contribution is -0.117. The molecule has 6 heteroatoms. The number of amides is 1. The highest BCUT2D eigenvalue weighted by Gasteiger charge is 2.35. The van der Waals surface area contributed by atoms with E-state index in [-0.39, 0.29) is 11.8 Å². The van der Waals surface area contributed by atoms with Crippen LogP contribution in [-0.4, -0.2) is 22.6 Å². The van der Waals surface area contributed by atoms with Crippen molar-refractivity contribution in [3.8, 4) is 11.4 Å². The van der Waals surface area contributed by atoms with Crippen LogP contribution in [0.2, 0.25) is 5.02 Å². The van der Waals surface area contributed by atoms with E-state index in [0.717, 1.165) is 17.7 Å². The molecule has 0 spiro atoms. The first kappa shape index (κ1) is 16.8. The Morgan fingerprint density at radius 3 is 2.77 bits per heavy atom. The Hall–Kier alpha value is -2.66. The number of hydrogen-bond donors (Lipinski definition) is 0. The van der Waals surface area contributed by atoms with Gasteiger partial charge in [0.1, 0.15) is 0 Å². The van der Waals surface area contributed by atoms with E-state index in [2.05, 4.69) is 29.2 Å². The number of hydrogen-bond acceptors (Lipinski definition) is 4. The highest BCUT2D eigenvalue weighted by Crippen LogP contribution is 2.32. The van der Waals surface area contributed by atoms with Gasteiger partial charge in [-0.05, 0) is 30.2 Å². The molecule has 26 heavy (non-hydrogen) atoms. The molecule has 2 heterocycles. The second-order valence-electron chi connectivity index (χ2n) is 6.39. The van der Waals surface area contributed by atoms with Crippen molar-refractivity contribution in [2.24, 2.45) is 0 Å². The molecule has 1 unspecified atom stereocenters. The molecule has 1 saturated heterocycles. The molecule has 1 aliphatic heterocycles. The second-order valence-corrected chi connectivity index (χ2v) is 6.83. The first-order chi connectivity index (χ1) is 12.6. The van der Waals surface area contributed by atoms with Gasteiger partial charge in [-0.1, -0.05) is 54.0 Å². The Labute approximate surface area is 156 Å². The molecule has 1 aliphatic rings. The molecule has 1 atom stereocenters. The smallest absolute Gasteiger partial charge is 0.232 e. The molecule has 0 N–H and O–H groups in total. The van der Waals surface area contributed by atoms with Crippen molar-refractivity contribution in [1.82, 2.24) is 10.1 Å². The first-order valence-corrected chi connectivity index (χ1v) is 9.00. The number of aryl methyl sites for hydroxylation is 1. The Morgan fingerprint density at radius 1 is 1.23 bits per heavy atom. The van der Waals surface area contributed by atoms with Crippen LogP contribution in [-0.2, 0) is 11.2 Å². The molecule has 5 nitrogen and oxygen atoms in total. The van der Waals surface area contributed by atoms with Gasteiger partial charge in [-0.15, -0.1) is 0 Å². The number of nitrogens with zero attached hydrogens (tertiary/aromatic N) is 3. The van der Waals surface area contributed by atoms with E-state index in [4.69, 9.17) is 16.1 Å². The van der Waals surface area contributed by atoms with Crippen molar-refractivity contribution in [3.63, 3.8) is 0 Å². The van der Waals surface area contributed by atoms with Crippen LogP contribution in [0.15, 0.2) is 53.1 Å². The van der Waals surface area contributed by atoms with E-state index in [1.807, 2.05) is 24.3 Å². The third-order valence-electron chi connectivity index (χ3n) is 4.66. The molecule has 1 fully saturated rings. The van der Waals surface area contributed by atoms with Gasteiger partial charge in [0.05, 0.1) is 5.92 Å². The molecule has 1 aromatic heterocycles. The fourth-order valence-corrected chi connectivity index (χ4v) is 3.36. The van der Waals surface area contributed by atoms with Gasteiger partial charge in [-0.3, -0.25) is 4.79 Å². The van der Waals surface area contributed by atoms with Crippen LogP contribution < -0.4 is 4.90 Å². The minimum absolute atomic E-state index is 0.0318. The van der Waals surface area contributed by atoms with Crippen molar-refractivity contribution < 1.29 is 9.32 Å². The summed E-state index contributed by atoms with van der Waals surface area (Å²) in [5, 5.41) is 4.69. The number of carbonyl (C=O) groups is 1. The normalized spacial score (nSPS) is 17.1.